The second-order valence-corrected chi connectivity index (χ2v) is 7.09. The average Bonchev–Trinajstić information content (AvgIpc) is 2.80. The minimum Gasteiger partial charge on any atom is -0.493 e. The maximum absolute atomic E-state index is 12.0. The van der Waals surface area contributed by atoms with Crippen LogP contribution in [0.5, 0.6) is 11.5 Å². The first-order valence-electron chi connectivity index (χ1n) is 9.76. The minimum atomic E-state index is -0.555. The first-order chi connectivity index (χ1) is 15.5. The van der Waals surface area contributed by atoms with Crippen LogP contribution in [-0.2, 0) is 16.2 Å². The molecule has 0 saturated heterocycles. The zero-order valence-electron chi connectivity index (χ0n) is 17.4. The van der Waals surface area contributed by atoms with E-state index in [1.54, 1.807) is 49.6 Å². The number of benzene rings is 3. The van der Waals surface area contributed by atoms with Gasteiger partial charge in [0.15, 0.2) is 11.5 Å². The Kier molecular flexibility index (Phi) is 8.22. The normalized spacial score (nSPS) is 10.6. The quantitative estimate of drug-likeness (QED) is 0.286. The third kappa shape index (κ3) is 6.85. The SMILES string of the molecule is COc1cc(C=NNC(=O)CC(=O)Nc2ccccc2Cl)ccc1OCc1ccccc1. The number of hydrazone groups is 1. The molecule has 0 fully saturated rings. The molecule has 3 aromatic carbocycles. The lowest BCUT2D eigenvalue weighted by Crippen LogP contribution is -2.24. The van der Waals surface area contributed by atoms with Crippen LogP contribution in [0, 0.1) is 0 Å². The molecule has 0 spiro atoms. The molecule has 0 radical (unpaired) electrons. The highest BCUT2D eigenvalue weighted by atomic mass is 35.5. The molecule has 0 aliphatic carbocycles. The van der Waals surface area contributed by atoms with Crippen LogP contribution in [0.15, 0.2) is 77.9 Å². The van der Waals surface area contributed by atoms with Gasteiger partial charge in [-0.1, -0.05) is 54.1 Å². The van der Waals surface area contributed by atoms with Gasteiger partial charge in [0.2, 0.25) is 11.8 Å². The number of carbonyl (C=O) groups excluding carboxylic acids is 2. The molecule has 32 heavy (non-hydrogen) atoms. The molecular weight excluding hydrogens is 430 g/mol. The van der Waals surface area contributed by atoms with Crippen LogP contribution >= 0.6 is 11.6 Å². The van der Waals surface area contributed by atoms with Crippen molar-refractivity contribution in [3.05, 3.63) is 88.9 Å². The number of ether oxygens (including phenoxy) is 2. The van der Waals surface area contributed by atoms with Gasteiger partial charge in [0.1, 0.15) is 13.0 Å². The molecule has 0 aromatic heterocycles. The first kappa shape index (κ1) is 22.8. The smallest absolute Gasteiger partial charge is 0.249 e. The molecule has 3 rings (SSSR count). The molecule has 2 N–H and O–H groups in total. The predicted molar refractivity (Wildman–Crippen MR) is 124 cm³/mol. The number of halogens is 1. The fraction of sp³-hybridized carbons (Fsp3) is 0.125. The maximum atomic E-state index is 12.0. The van der Waals surface area contributed by atoms with Gasteiger partial charge in [-0.3, -0.25) is 9.59 Å². The van der Waals surface area contributed by atoms with Gasteiger partial charge in [-0.2, -0.15) is 5.10 Å². The highest BCUT2D eigenvalue weighted by Gasteiger charge is 2.10. The van der Waals surface area contributed by atoms with Crippen molar-refractivity contribution in [1.29, 1.82) is 0 Å². The summed E-state index contributed by atoms with van der Waals surface area (Å²) < 4.78 is 11.2. The van der Waals surface area contributed by atoms with Crippen LogP contribution in [0.3, 0.4) is 0 Å². The lowest BCUT2D eigenvalue weighted by molar-refractivity contribution is -0.126. The number of anilines is 1. The molecule has 0 unspecified atom stereocenters. The fourth-order valence-electron chi connectivity index (χ4n) is 2.74. The van der Waals surface area contributed by atoms with Gasteiger partial charge in [-0.25, -0.2) is 5.43 Å². The van der Waals surface area contributed by atoms with E-state index >= 15 is 0 Å². The summed E-state index contributed by atoms with van der Waals surface area (Å²) in [5, 5.41) is 6.86. The lowest BCUT2D eigenvalue weighted by Gasteiger charge is -2.11. The standard InChI is InChI=1S/C24H22ClN3O4/c1-31-22-13-18(11-12-21(22)32-16-17-7-3-2-4-8-17)15-26-28-24(30)14-23(29)27-20-10-6-5-9-19(20)25/h2-13,15H,14,16H2,1H3,(H,27,29)(H,28,30). The van der Waals surface area contributed by atoms with Crippen molar-refractivity contribution in [2.75, 3.05) is 12.4 Å². The molecule has 0 atom stereocenters. The van der Waals surface area contributed by atoms with E-state index < -0.39 is 18.2 Å². The van der Waals surface area contributed by atoms with E-state index in [1.807, 2.05) is 30.3 Å². The monoisotopic (exact) mass is 451 g/mol. The van der Waals surface area contributed by atoms with Gasteiger partial charge in [0, 0.05) is 0 Å². The van der Waals surface area contributed by atoms with Crippen molar-refractivity contribution in [1.82, 2.24) is 5.43 Å². The summed E-state index contributed by atoms with van der Waals surface area (Å²) in [4.78, 5) is 23.9. The molecule has 0 aliphatic rings. The van der Waals surface area contributed by atoms with Crippen LogP contribution < -0.4 is 20.2 Å². The summed E-state index contributed by atoms with van der Waals surface area (Å²) in [5.74, 6) is 0.0806. The summed E-state index contributed by atoms with van der Waals surface area (Å²) in [7, 11) is 1.55. The van der Waals surface area contributed by atoms with Crippen molar-refractivity contribution < 1.29 is 19.1 Å². The van der Waals surface area contributed by atoms with Gasteiger partial charge in [0.25, 0.3) is 0 Å². The van der Waals surface area contributed by atoms with Crippen LogP contribution in [-0.4, -0.2) is 25.1 Å². The van der Waals surface area contributed by atoms with Crippen LogP contribution in [0.1, 0.15) is 17.5 Å². The number of methoxy groups -OCH3 is 1. The molecule has 164 valence electrons. The highest BCUT2D eigenvalue weighted by Crippen LogP contribution is 2.28. The van der Waals surface area contributed by atoms with Gasteiger partial charge >= 0.3 is 0 Å². The Morgan fingerprint density at radius 3 is 2.47 bits per heavy atom. The second-order valence-electron chi connectivity index (χ2n) is 6.68. The van der Waals surface area contributed by atoms with E-state index in [2.05, 4.69) is 15.8 Å². The number of para-hydroxylation sites is 1. The summed E-state index contributed by atoms with van der Waals surface area (Å²) >= 11 is 5.99. The topological polar surface area (TPSA) is 89.0 Å². The zero-order chi connectivity index (χ0) is 22.8. The Morgan fingerprint density at radius 1 is 0.969 bits per heavy atom. The number of amides is 2. The fourth-order valence-corrected chi connectivity index (χ4v) is 2.92. The lowest BCUT2D eigenvalue weighted by atomic mass is 10.2. The average molecular weight is 452 g/mol. The van der Waals surface area contributed by atoms with Gasteiger partial charge < -0.3 is 14.8 Å². The number of nitrogens with zero attached hydrogens (tertiary/aromatic N) is 1. The highest BCUT2D eigenvalue weighted by molar-refractivity contribution is 6.33. The Bertz CT molecular complexity index is 1100. The molecule has 0 bridgehead atoms. The molecule has 0 aliphatic heterocycles. The van der Waals surface area contributed by atoms with Crippen LogP contribution in [0.2, 0.25) is 5.02 Å². The van der Waals surface area contributed by atoms with E-state index in [1.165, 1.54) is 6.21 Å². The Balaban J connectivity index is 1.51. The Morgan fingerprint density at radius 2 is 1.72 bits per heavy atom. The van der Waals surface area contributed by atoms with Crippen molar-refractivity contribution in [2.45, 2.75) is 13.0 Å². The van der Waals surface area contributed by atoms with Crippen molar-refractivity contribution in [2.24, 2.45) is 5.10 Å². The minimum absolute atomic E-state index is 0.391. The molecule has 7 nitrogen and oxygen atoms in total. The van der Waals surface area contributed by atoms with E-state index in [0.29, 0.717) is 34.4 Å². The number of hydrogen-bond donors (Lipinski definition) is 2. The van der Waals surface area contributed by atoms with Crippen LogP contribution in [0.4, 0.5) is 5.69 Å². The third-order valence-corrected chi connectivity index (χ3v) is 4.63. The maximum Gasteiger partial charge on any atom is 0.249 e. The predicted octanol–water partition coefficient (Wildman–Crippen LogP) is 4.41. The summed E-state index contributed by atoms with van der Waals surface area (Å²) in [6, 6.07) is 21.9. The molecule has 8 heteroatoms. The molecule has 2 amide bonds. The second kappa shape index (κ2) is 11.5. The van der Waals surface area contributed by atoms with Gasteiger partial charge in [0.05, 0.1) is 24.0 Å². The third-order valence-electron chi connectivity index (χ3n) is 4.30. The van der Waals surface area contributed by atoms with E-state index in [4.69, 9.17) is 21.1 Å². The van der Waals surface area contributed by atoms with Gasteiger partial charge in [-0.05, 0) is 41.5 Å². The number of rotatable bonds is 9. The van der Waals surface area contributed by atoms with E-state index in [-0.39, 0.29) is 0 Å². The zero-order valence-corrected chi connectivity index (χ0v) is 18.1. The number of nitrogens with one attached hydrogen (secondary N) is 2. The molecule has 0 saturated carbocycles. The summed E-state index contributed by atoms with van der Waals surface area (Å²) in [6.07, 6.45) is 1.06. The Labute approximate surface area is 191 Å². The van der Waals surface area contributed by atoms with Crippen LogP contribution in [0.25, 0.3) is 0 Å². The summed E-state index contributed by atoms with van der Waals surface area (Å²) in [5.41, 5.74) is 4.50. The molecule has 3 aromatic rings. The van der Waals surface area contributed by atoms with Gasteiger partial charge in [-0.15, -0.1) is 0 Å². The van der Waals surface area contributed by atoms with E-state index in [0.717, 1.165) is 5.56 Å². The summed E-state index contributed by atoms with van der Waals surface area (Å²) in [6.45, 7) is 0.414. The first-order valence-corrected chi connectivity index (χ1v) is 10.1. The Hall–Kier alpha value is -3.84. The van der Waals surface area contributed by atoms with Crippen molar-refractivity contribution in [3.63, 3.8) is 0 Å². The van der Waals surface area contributed by atoms with E-state index in [9.17, 15) is 9.59 Å². The van der Waals surface area contributed by atoms with Crippen molar-refractivity contribution >= 4 is 35.3 Å². The largest absolute Gasteiger partial charge is 0.493 e. The van der Waals surface area contributed by atoms with Crippen molar-refractivity contribution in [3.8, 4) is 11.5 Å². The molecular formula is C24H22ClN3O4. The number of hydrogen-bond acceptors (Lipinski definition) is 5. The molecule has 0 heterocycles. The number of carbonyl (C=O) groups is 2.